The molecule has 0 aromatic carbocycles. The lowest BCUT2D eigenvalue weighted by molar-refractivity contribution is 0.0139. The van der Waals surface area contributed by atoms with Gasteiger partial charge in [-0.3, -0.25) is 4.90 Å². The van der Waals surface area contributed by atoms with Gasteiger partial charge >= 0.3 is 0 Å². The second-order valence-corrected chi connectivity index (χ2v) is 4.80. The van der Waals surface area contributed by atoms with Crippen LogP contribution in [0.4, 0.5) is 4.39 Å². The molecule has 0 aliphatic carbocycles. The monoisotopic (exact) mass is 247 g/mol. The number of hydrogen-bond donors (Lipinski definition) is 0. The Labute approximate surface area is 91.0 Å². The highest BCUT2D eigenvalue weighted by atomic mass is 35.6. The van der Waals surface area contributed by atoms with Crippen LogP contribution in [0.15, 0.2) is 5.10 Å². The van der Waals surface area contributed by atoms with Crippen molar-refractivity contribution in [3.05, 3.63) is 0 Å². The first-order chi connectivity index (χ1) is 5.96. The summed E-state index contributed by atoms with van der Waals surface area (Å²) in [5, 5.41) is 4.98. The van der Waals surface area contributed by atoms with Crippen molar-refractivity contribution in [3.63, 3.8) is 0 Å². The SMILES string of the molecule is CCCN1N=CN(C(Cl)(Cl)Cl)C1F. The lowest BCUT2D eigenvalue weighted by Gasteiger charge is -2.28. The molecule has 1 aliphatic heterocycles. The summed E-state index contributed by atoms with van der Waals surface area (Å²) in [7, 11) is 0. The molecule has 76 valence electrons. The van der Waals surface area contributed by atoms with Gasteiger partial charge in [0.1, 0.15) is 6.34 Å². The van der Waals surface area contributed by atoms with Crippen LogP contribution in [-0.2, 0) is 0 Å². The van der Waals surface area contributed by atoms with Crippen LogP contribution in [0.3, 0.4) is 0 Å². The number of hydrogen-bond acceptors (Lipinski definition) is 3. The Kier molecular flexibility index (Phi) is 3.49. The maximum Gasteiger partial charge on any atom is 0.272 e. The summed E-state index contributed by atoms with van der Waals surface area (Å²) in [4.78, 5) is 0.924. The molecule has 13 heavy (non-hydrogen) atoms. The number of halogens is 4. The average molecular weight is 249 g/mol. The van der Waals surface area contributed by atoms with Crippen molar-refractivity contribution in [2.45, 2.75) is 23.7 Å². The molecule has 1 atom stereocenters. The van der Waals surface area contributed by atoms with Gasteiger partial charge in [-0.2, -0.15) is 9.49 Å². The molecule has 0 aromatic heterocycles. The molecule has 1 unspecified atom stereocenters. The van der Waals surface area contributed by atoms with E-state index in [9.17, 15) is 4.39 Å². The van der Waals surface area contributed by atoms with Gasteiger partial charge in [0.15, 0.2) is 0 Å². The molecule has 1 aliphatic rings. The fourth-order valence-corrected chi connectivity index (χ4v) is 1.33. The van der Waals surface area contributed by atoms with Gasteiger partial charge in [-0.1, -0.05) is 41.7 Å². The number of hydrazone groups is 1. The molecule has 0 aromatic rings. The molecule has 0 spiro atoms. The third-order valence-corrected chi connectivity index (χ3v) is 2.13. The van der Waals surface area contributed by atoms with Gasteiger partial charge in [0.05, 0.1) is 0 Å². The molecule has 1 heterocycles. The summed E-state index contributed by atoms with van der Waals surface area (Å²) in [6.07, 6.45) is 0.478. The van der Waals surface area contributed by atoms with Crippen molar-refractivity contribution in [1.82, 2.24) is 9.91 Å². The Morgan fingerprint density at radius 3 is 2.54 bits per heavy atom. The Morgan fingerprint density at radius 2 is 2.15 bits per heavy atom. The molecule has 0 saturated carbocycles. The molecule has 0 N–H and O–H groups in total. The first kappa shape index (κ1) is 11.1. The maximum absolute atomic E-state index is 13.4. The van der Waals surface area contributed by atoms with Crippen molar-refractivity contribution in [1.29, 1.82) is 0 Å². The topological polar surface area (TPSA) is 18.8 Å². The third-order valence-electron chi connectivity index (χ3n) is 1.55. The summed E-state index contributed by atoms with van der Waals surface area (Å²) in [5.74, 6) is 0. The molecule has 0 radical (unpaired) electrons. The smallest absolute Gasteiger partial charge is 0.267 e. The lowest BCUT2D eigenvalue weighted by Crippen LogP contribution is -2.43. The molecule has 7 heteroatoms. The molecule has 0 amide bonds. The first-order valence-electron chi connectivity index (χ1n) is 3.76. The number of rotatable bonds is 2. The number of nitrogens with zero attached hydrogens (tertiary/aromatic N) is 3. The first-order valence-corrected chi connectivity index (χ1v) is 4.90. The Balaban J connectivity index is 2.61. The second kappa shape index (κ2) is 4.07. The molecule has 1 rings (SSSR count). The van der Waals surface area contributed by atoms with Crippen LogP contribution in [0, 0.1) is 0 Å². The van der Waals surface area contributed by atoms with E-state index in [2.05, 4.69) is 5.10 Å². The van der Waals surface area contributed by atoms with Crippen LogP contribution in [0.5, 0.6) is 0 Å². The number of alkyl halides is 4. The van der Waals surface area contributed by atoms with Gasteiger partial charge < -0.3 is 0 Å². The van der Waals surface area contributed by atoms with E-state index in [1.807, 2.05) is 6.92 Å². The normalized spacial score (nSPS) is 23.0. The van der Waals surface area contributed by atoms with E-state index in [4.69, 9.17) is 34.8 Å². The Morgan fingerprint density at radius 1 is 1.54 bits per heavy atom. The highest BCUT2D eigenvalue weighted by Gasteiger charge is 2.39. The van der Waals surface area contributed by atoms with E-state index in [1.165, 1.54) is 11.3 Å². The lowest BCUT2D eigenvalue weighted by atomic mass is 10.5. The molecule has 0 saturated heterocycles. The minimum Gasteiger partial charge on any atom is -0.267 e. The molecule has 3 nitrogen and oxygen atoms in total. The minimum absolute atomic E-state index is 0.495. The highest BCUT2D eigenvalue weighted by Crippen LogP contribution is 2.34. The summed E-state index contributed by atoms with van der Waals surface area (Å²) in [5.41, 5.74) is 0. The van der Waals surface area contributed by atoms with E-state index < -0.39 is 10.3 Å². The van der Waals surface area contributed by atoms with E-state index in [1.54, 1.807) is 0 Å². The van der Waals surface area contributed by atoms with Crippen LogP contribution < -0.4 is 0 Å². The quantitative estimate of drug-likeness (QED) is 0.552. The van der Waals surface area contributed by atoms with Crippen molar-refractivity contribution in [2.75, 3.05) is 6.54 Å². The summed E-state index contributed by atoms with van der Waals surface area (Å²) < 4.78 is 11.6. The van der Waals surface area contributed by atoms with Crippen LogP contribution in [0.2, 0.25) is 0 Å². The zero-order chi connectivity index (χ0) is 10.1. The molecule has 0 bridgehead atoms. The summed E-state index contributed by atoms with van der Waals surface area (Å²) in [6.45, 7) is 2.41. The van der Waals surface area contributed by atoms with Gasteiger partial charge in [-0.05, 0) is 6.42 Å². The van der Waals surface area contributed by atoms with Crippen LogP contribution in [0.25, 0.3) is 0 Å². The predicted octanol–water partition coefficient (Wildman–Crippen LogP) is 2.54. The maximum atomic E-state index is 13.4. The zero-order valence-electron chi connectivity index (χ0n) is 6.92. The fourth-order valence-electron chi connectivity index (χ4n) is 0.955. The Bertz CT molecular complexity index is 206. The van der Waals surface area contributed by atoms with E-state index in [0.717, 1.165) is 11.3 Å². The van der Waals surface area contributed by atoms with E-state index >= 15 is 0 Å². The van der Waals surface area contributed by atoms with Crippen molar-refractivity contribution >= 4 is 41.1 Å². The second-order valence-electron chi connectivity index (χ2n) is 2.58. The average Bonchev–Trinajstić information content (AvgIpc) is 2.32. The largest absolute Gasteiger partial charge is 0.272 e. The van der Waals surface area contributed by atoms with E-state index in [-0.39, 0.29) is 0 Å². The highest BCUT2D eigenvalue weighted by molar-refractivity contribution is 6.67. The standard InChI is InChI=1S/C6H9Cl3FN3/c1-2-3-13-5(10)12(4-11-13)6(7,8)9/h4-5H,2-3H2,1H3. The third kappa shape index (κ3) is 2.51. The zero-order valence-corrected chi connectivity index (χ0v) is 9.19. The summed E-state index contributed by atoms with van der Waals surface area (Å²) >= 11 is 16.5. The van der Waals surface area contributed by atoms with Gasteiger partial charge in [0.25, 0.3) is 10.3 Å². The van der Waals surface area contributed by atoms with E-state index in [0.29, 0.717) is 6.54 Å². The van der Waals surface area contributed by atoms with Crippen molar-refractivity contribution < 1.29 is 4.39 Å². The van der Waals surface area contributed by atoms with Crippen LogP contribution in [0.1, 0.15) is 13.3 Å². The van der Waals surface area contributed by atoms with Gasteiger partial charge in [0.2, 0.25) is 0 Å². The van der Waals surface area contributed by atoms with Crippen LogP contribution in [-0.4, -0.2) is 33.1 Å². The minimum atomic E-state index is -1.79. The van der Waals surface area contributed by atoms with Gasteiger partial charge in [0, 0.05) is 6.54 Å². The fraction of sp³-hybridized carbons (Fsp3) is 0.833. The summed E-state index contributed by atoms with van der Waals surface area (Å²) in [6, 6.07) is 0. The Hall–Kier alpha value is 0.0700. The van der Waals surface area contributed by atoms with Gasteiger partial charge in [-0.25, -0.2) is 5.01 Å². The predicted molar refractivity (Wildman–Crippen MR) is 52.5 cm³/mol. The van der Waals surface area contributed by atoms with Gasteiger partial charge in [-0.15, -0.1) is 0 Å². The van der Waals surface area contributed by atoms with Crippen LogP contribution >= 0.6 is 34.8 Å². The van der Waals surface area contributed by atoms with Crippen molar-refractivity contribution in [2.24, 2.45) is 5.10 Å². The van der Waals surface area contributed by atoms with Crippen molar-refractivity contribution in [3.8, 4) is 0 Å². The molecular weight excluding hydrogens is 239 g/mol. The molecule has 0 fully saturated rings. The molecular formula is C6H9Cl3FN3.